The van der Waals surface area contributed by atoms with Gasteiger partial charge in [-0.05, 0) is 74.6 Å². The molecule has 2 aromatic heterocycles. The highest BCUT2D eigenvalue weighted by Gasteiger charge is 2.18. The van der Waals surface area contributed by atoms with Crippen molar-refractivity contribution in [3.05, 3.63) is 60.2 Å². The van der Waals surface area contributed by atoms with Crippen molar-refractivity contribution in [2.24, 2.45) is 0 Å². The standard InChI is InChI=1S/C31H34N6O2/c1-38-26-13-12-22(20-27(26)39-2)25-21-30(36-16-8-9-17-36)34-28(33-25)14-15-29-32-24-11-5-4-10-23(24)31(35-29)37-18-6-3-7-19-37/h4-5,10-15,20-21H,3,6-9,16-19H2,1-2H3/b15-14+. The molecule has 2 aliphatic rings. The van der Waals surface area contributed by atoms with Gasteiger partial charge in [0.2, 0.25) is 0 Å². The van der Waals surface area contributed by atoms with E-state index in [-0.39, 0.29) is 0 Å². The normalized spacial score (nSPS) is 15.8. The third-order valence-corrected chi connectivity index (χ3v) is 7.48. The number of methoxy groups -OCH3 is 2. The summed E-state index contributed by atoms with van der Waals surface area (Å²) in [5, 5.41) is 1.10. The van der Waals surface area contributed by atoms with Gasteiger partial charge in [-0.1, -0.05) is 12.1 Å². The Morgan fingerprint density at radius 1 is 0.667 bits per heavy atom. The van der Waals surface area contributed by atoms with Crippen LogP contribution in [0.1, 0.15) is 43.8 Å². The summed E-state index contributed by atoms with van der Waals surface area (Å²) >= 11 is 0. The Morgan fingerprint density at radius 2 is 1.36 bits per heavy atom. The summed E-state index contributed by atoms with van der Waals surface area (Å²) in [6, 6.07) is 16.2. The molecule has 0 bridgehead atoms. The highest BCUT2D eigenvalue weighted by Crippen LogP contribution is 2.33. The number of anilines is 2. The van der Waals surface area contributed by atoms with E-state index < -0.39 is 0 Å². The summed E-state index contributed by atoms with van der Waals surface area (Å²) in [5.41, 5.74) is 2.73. The molecular formula is C31H34N6O2. The van der Waals surface area contributed by atoms with Crippen LogP contribution in [0.4, 0.5) is 11.6 Å². The summed E-state index contributed by atoms with van der Waals surface area (Å²) in [5.74, 6) is 4.59. The Hall–Kier alpha value is -4.20. The van der Waals surface area contributed by atoms with Crippen LogP contribution in [0, 0.1) is 0 Å². The maximum atomic E-state index is 5.55. The van der Waals surface area contributed by atoms with E-state index >= 15 is 0 Å². The van der Waals surface area contributed by atoms with E-state index in [4.69, 9.17) is 29.4 Å². The lowest BCUT2D eigenvalue weighted by Gasteiger charge is -2.28. The van der Waals surface area contributed by atoms with Gasteiger partial charge in [0, 0.05) is 43.2 Å². The molecule has 2 fully saturated rings. The topological polar surface area (TPSA) is 76.5 Å². The zero-order valence-corrected chi connectivity index (χ0v) is 22.6. The summed E-state index contributed by atoms with van der Waals surface area (Å²) < 4.78 is 11.0. The molecule has 4 aromatic rings. The summed E-state index contributed by atoms with van der Waals surface area (Å²) in [6.45, 7) is 4.05. The summed E-state index contributed by atoms with van der Waals surface area (Å²) in [7, 11) is 3.29. The Bertz CT molecular complexity index is 1490. The Labute approximate surface area is 229 Å². The van der Waals surface area contributed by atoms with Crippen molar-refractivity contribution in [3.63, 3.8) is 0 Å². The molecule has 2 aliphatic heterocycles. The van der Waals surface area contributed by atoms with Crippen LogP contribution in [-0.2, 0) is 0 Å². The lowest BCUT2D eigenvalue weighted by Crippen LogP contribution is -2.30. The molecule has 8 nitrogen and oxygen atoms in total. The number of para-hydroxylation sites is 1. The van der Waals surface area contributed by atoms with Gasteiger partial charge in [-0.2, -0.15) is 0 Å². The minimum Gasteiger partial charge on any atom is -0.493 e. The van der Waals surface area contributed by atoms with Crippen LogP contribution >= 0.6 is 0 Å². The molecule has 6 rings (SSSR count). The smallest absolute Gasteiger partial charge is 0.161 e. The second-order valence-electron chi connectivity index (χ2n) is 10.0. The van der Waals surface area contributed by atoms with Crippen molar-refractivity contribution >= 4 is 34.7 Å². The Balaban J connectivity index is 1.39. The SMILES string of the molecule is COc1ccc(-c2cc(N3CCCC3)nc(/C=C/c3nc(N4CCCCC4)c4ccccc4n3)n2)cc1OC. The van der Waals surface area contributed by atoms with E-state index in [0.717, 1.165) is 60.0 Å². The van der Waals surface area contributed by atoms with E-state index in [2.05, 4.69) is 34.1 Å². The fourth-order valence-electron chi connectivity index (χ4n) is 5.43. The lowest BCUT2D eigenvalue weighted by molar-refractivity contribution is 0.355. The van der Waals surface area contributed by atoms with Crippen LogP contribution < -0.4 is 19.3 Å². The van der Waals surface area contributed by atoms with E-state index in [0.29, 0.717) is 23.1 Å². The molecule has 0 radical (unpaired) electrons. The third kappa shape index (κ3) is 5.37. The second kappa shape index (κ2) is 11.3. The molecule has 0 amide bonds. The number of fused-ring (bicyclic) bond motifs is 1. The molecule has 0 saturated carbocycles. The van der Waals surface area contributed by atoms with Gasteiger partial charge in [0.15, 0.2) is 23.1 Å². The molecule has 0 N–H and O–H groups in total. The van der Waals surface area contributed by atoms with E-state index in [1.165, 1.54) is 32.1 Å². The number of aromatic nitrogens is 4. The van der Waals surface area contributed by atoms with Gasteiger partial charge in [-0.25, -0.2) is 19.9 Å². The fraction of sp³-hybridized carbons (Fsp3) is 0.355. The van der Waals surface area contributed by atoms with Gasteiger partial charge in [0.1, 0.15) is 11.6 Å². The Morgan fingerprint density at radius 3 is 2.13 bits per heavy atom. The average Bonchev–Trinajstić information content (AvgIpc) is 3.55. The fourth-order valence-corrected chi connectivity index (χ4v) is 5.43. The van der Waals surface area contributed by atoms with Crippen molar-refractivity contribution in [3.8, 4) is 22.8 Å². The predicted molar refractivity (Wildman–Crippen MR) is 157 cm³/mol. The van der Waals surface area contributed by atoms with Crippen molar-refractivity contribution in [2.45, 2.75) is 32.1 Å². The minimum absolute atomic E-state index is 0.625. The molecule has 2 saturated heterocycles. The van der Waals surface area contributed by atoms with Crippen LogP contribution in [0.2, 0.25) is 0 Å². The lowest BCUT2D eigenvalue weighted by atomic mass is 10.1. The van der Waals surface area contributed by atoms with Crippen LogP contribution in [0.5, 0.6) is 11.5 Å². The minimum atomic E-state index is 0.625. The summed E-state index contributed by atoms with van der Waals surface area (Å²) in [6.07, 6.45) is 9.87. The number of benzene rings is 2. The van der Waals surface area contributed by atoms with Gasteiger partial charge in [0.25, 0.3) is 0 Å². The van der Waals surface area contributed by atoms with E-state index in [1.54, 1.807) is 14.2 Å². The average molecular weight is 523 g/mol. The molecule has 0 aliphatic carbocycles. The first-order valence-electron chi connectivity index (χ1n) is 13.8. The van der Waals surface area contributed by atoms with Gasteiger partial charge in [-0.3, -0.25) is 0 Å². The van der Waals surface area contributed by atoms with Crippen molar-refractivity contribution < 1.29 is 9.47 Å². The molecule has 4 heterocycles. The molecule has 0 atom stereocenters. The molecular weight excluding hydrogens is 488 g/mol. The maximum absolute atomic E-state index is 5.55. The van der Waals surface area contributed by atoms with Crippen molar-refractivity contribution in [1.29, 1.82) is 0 Å². The number of piperidine rings is 1. The van der Waals surface area contributed by atoms with Crippen LogP contribution in [0.3, 0.4) is 0 Å². The number of hydrogen-bond donors (Lipinski definition) is 0. The molecule has 39 heavy (non-hydrogen) atoms. The van der Waals surface area contributed by atoms with E-state index in [1.807, 2.05) is 36.4 Å². The van der Waals surface area contributed by atoms with Crippen molar-refractivity contribution in [1.82, 2.24) is 19.9 Å². The van der Waals surface area contributed by atoms with Crippen LogP contribution in [0.15, 0.2) is 48.5 Å². The second-order valence-corrected chi connectivity index (χ2v) is 10.0. The molecule has 200 valence electrons. The molecule has 8 heteroatoms. The molecule has 0 unspecified atom stereocenters. The van der Waals surface area contributed by atoms with Gasteiger partial charge >= 0.3 is 0 Å². The van der Waals surface area contributed by atoms with E-state index in [9.17, 15) is 0 Å². The van der Waals surface area contributed by atoms with Gasteiger partial charge < -0.3 is 19.3 Å². The third-order valence-electron chi connectivity index (χ3n) is 7.48. The van der Waals surface area contributed by atoms with Crippen LogP contribution in [-0.4, -0.2) is 60.3 Å². The number of nitrogens with zero attached hydrogens (tertiary/aromatic N) is 6. The largest absolute Gasteiger partial charge is 0.493 e. The maximum Gasteiger partial charge on any atom is 0.161 e. The van der Waals surface area contributed by atoms with Gasteiger partial charge in [-0.15, -0.1) is 0 Å². The quantitative estimate of drug-likeness (QED) is 0.299. The molecule has 0 spiro atoms. The first kappa shape index (κ1) is 25.1. The number of ether oxygens (including phenoxy) is 2. The van der Waals surface area contributed by atoms with Crippen LogP contribution in [0.25, 0.3) is 34.3 Å². The van der Waals surface area contributed by atoms with Gasteiger partial charge in [0.05, 0.1) is 25.4 Å². The number of rotatable bonds is 7. The highest BCUT2D eigenvalue weighted by atomic mass is 16.5. The zero-order chi connectivity index (χ0) is 26.6. The number of hydrogen-bond acceptors (Lipinski definition) is 8. The predicted octanol–water partition coefficient (Wildman–Crippen LogP) is 5.86. The van der Waals surface area contributed by atoms with Crippen molar-refractivity contribution in [2.75, 3.05) is 50.2 Å². The highest BCUT2D eigenvalue weighted by molar-refractivity contribution is 5.90. The molecule has 2 aromatic carbocycles. The Kier molecular flexibility index (Phi) is 7.25. The first-order valence-corrected chi connectivity index (χ1v) is 13.8. The first-order chi connectivity index (χ1) is 19.2. The summed E-state index contributed by atoms with van der Waals surface area (Å²) in [4.78, 5) is 24.4. The zero-order valence-electron chi connectivity index (χ0n) is 22.6. The monoisotopic (exact) mass is 522 g/mol.